The molecule has 2 heterocycles. The first kappa shape index (κ1) is 48.1. The number of aryl methyl sites for hydroxylation is 2. The lowest BCUT2D eigenvalue weighted by Crippen LogP contribution is -2.13. The van der Waals surface area contributed by atoms with Crippen LogP contribution in [0.2, 0.25) is 0 Å². The number of fused-ring (bicyclic) bond motifs is 2. The molecule has 0 aliphatic heterocycles. The Morgan fingerprint density at radius 1 is 0.544 bits per heavy atom. The molecular formula is C58H65F5N4S. The average Bonchev–Trinajstić information content (AvgIpc) is 4.02. The number of imidazole rings is 1. The number of nitrogens with zero attached hydrogens (tertiary/aromatic N) is 3. The summed E-state index contributed by atoms with van der Waals surface area (Å²) in [5.74, 6) is 0.606. The van der Waals surface area contributed by atoms with Crippen LogP contribution in [-0.2, 0) is 19.0 Å². The Labute approximate surface area is 402 Å². The summed E-state index contributed by atoms with van der Waals surface area (Å²) < 4.78 is 85.6. The molecule has 0 radical (unpaired) electrons. The molecule has 2 aromatic heterocycles. The van der Waals surface area contributed by atoms with Crippen LogP contribution in [0.4, 0.5) is 22.0 Å². The smallest absolute Gasteiger partial charge is 0.334 e. The van der Waals surface area contributed by atoms with Crippen LogP contribution in [0, 0.1) is 23.5 Å². The van der Waals surface area contributed by atoms with E-state index in [0.717, 1.165) is 82.6 Å². The second kappa shape index (κ2) is 21.0. The third-order valence-corrected chi connectivity index (χ3v) is 16.1. The predicted octanol–water partition coefficient (Wildman–Crippen LogP) is 18.4. The number of nitrogens with one attached hydrogen (secondary N) is 1. The van der Waals surface area contributed by atoms with Crippen molar-refractivity contribution < 1.29 is 22.0 Å². The van der Waals surface area contributed by atoms with Gasteiger partial charge in [0.05, 0.1) is 22.8 Å². The molecule has 358 valence electrons. The third-order valence-electron chi connectivity index (χ3n) is 15.6. The molecule has 7 aromatic rings. The minimum Gasteiger partial charge on any atom is -0.334 e. The first-order chi connectivity index (χ1) is 33.0. The Morgan fingerprint density at radius 2 is 1.00 bits per heavy atom. The maximum absolute atomic E-state index is 16.2. The van der Waals surface area contributed by atoms with Gasteiger partial charge in [0.15, 0.2) is 0 Å². The molecule has 0 bridgehead atoms. The van der Waals surface area contributed by atoms with Gasteiger partial charge in [-0.25, -0.2) is 13.8 Å². The van der Waals surface area contributed by atoms with Gasteiger partial charge in [-0.2, -0.15) is 21.9 Å². The molecule has 1 N–H and O–H groups in total. The van der Waals surface area contributed by atoms with Gasteiger partial charge in [0, 0.05) is 22.3 Å². The van der Waals surface area contributed by atoms with Crippen molar-refractivity contribution in [3.63, 3.8) is 0 Å². The fraction of sp³-hybridized carbons (Fsp3) is 0.466. The van der Waals surface area contributed by atoms with Crippen molar-refractivity contribution in [3.8, 4) is 44.5 Å². The lowest BCUT2D eigenvalue weighted by molar-refractivity contribution is -0.144. The van der Waals surface area contributed by atoms with Gasteiger partial charge in [-0.1, -0.05) is 140 Å². The zero-order valence-electron chi connectivity index (χ0n) is 40.1. The lowest BCUT2D eigenvalue weighted by atomic mass is 9.76. The molecule has 9 rings (SSSR count). The van der Waals surface area contributed by atoms with Gasteiger partial charge in [0.2, 0.25) is 5.82 Å². The molecule has 2 saturated carbocycles. The molecule has 2 fully saturated rings. The number of alkyl halides is 3. The number of halogens is 5. The highest BCUT2D eigenvalue weighted by atomic mass is 32.1. The van der Waals surface area contributed by atoms with E-state index in [1.54, 1.807) is 12.1 Å². The summed E-state index contributed by atoms with van der Waals surface area (Å²) in [4.78, 5) is 6.89. The molecule has 0 saturated heterocycles. The van der Waals surface area contributed by atoms with Gasteiger partial charge in [-0.3, -0.25) is 0 Å². The predicted molar refractivity (Wildman–Crippen MR) is 270 cm³/mol. The van der Waals surface area contributed by atoms with Gasteiger partial charge in [0.1, 0.15) is 22.7 Å². The van der Waals surface area contributed by atoms with Crippen LogP contribution in [0.1, 0.15) is 170 Å². The second-order valence-electron chi connectivity index (χ2n) is 19.9. The molecule has 10 heteroatoms. The number of hydrogen-bond donors (Lipinski definition) is 1. The molecule has 0 unspecified atom stereocenters. The Balaban J connectivity index is 1.03. The fourth-order valence-electron chi connectivity index (χ4n) is 11.7. The Morgan fingerprint density at radius 3 is 1.44 bits per heavy atom. The quantitative estimate of drug-likeness (QED) is 0.0776. The van der Waals surface area contributed by atoms with Gasteiger partial charge >= 0.3 is 6.18 Å². The highest BCUT2D eigenvalue weighted by Gasteiger charge is 2.37. The summed E-state index contributed by atoms with van der Waals surface area (Å²) in [7, 11) is 0. The molecule has 5 aromatic carbocycles. The summed E-state index contributed by atoms with van der Waals surface area (Å²) in [6, 6.07) is 22.7. The van der Waals surface area contributed by atoms with E-state index in [4.69, 9.17) is 8.75 Å². The van der Waals surface area contributed by atoms with Crippen LogP contribution in [0.3, 0.4) is 0 Å². The molecule has 0 amide bonds. The summed E-state index contributed by atoms with van der Waals surface area (Å²) in [5.41, 5.74) is 9.66. The molecule has 2 aliphatic rings. The minimum atomic E-state index is -4.76. The van der Waals surface area contributed by atoms with Gasteiger partial charge in [0.25, 0.3) is 0 Å². The zero-order valence-corrected chi connectivity index (χ0v) is 40.9. The topological polar surface area (TPSA) is 54.5 Å². The van der Waals surface area contributed by atoms with E-state index in [1.165, 1.54) is 77.0 Å². The standard InChI is InChI=1S/C58H65F5N4S/c1-5-9-11-13-35-15-19-39(20-16-35)41-23-29-47(49(59)33-41)45-27-25-43(31-37(45)7-3)51-53-54(65-57(64-53)58(61,62)63)52(56-55(51)66-68-67-56)44-26-28-46(38(8-4)32-44)48-30-24-42(34-50(48)60)40-21-17-36(18-22-40)14-12-10-6-2/h23-36,39-40H,5-22H2,1-4H3,(H,64,65). The summed E-state index contributed by atoms with van der Waals surface area (Å²) >= 11 is 0.989. The molecule has 4 nitrogen and oxygen atoms in total. The number of rotatable bonds is 16. The van der Waals surface area contributed by atoms with Gasteiger partial charge < -0.3 is 4.98 Å². The van der Waals surface area contributed by atoms with Crippen LogP contribution in [0.15, 0.2) is 72.8 Å². The number of hydrogen-bond acceptors (Lipinski definition) is 4. The number of unbranched alkanes of at least 4 members (excludes halogenated alkanes) is 4. The van der Waals surface area contributed by atoms with Crippen molar-refractivity contribution >= 4 is 33.8 Å². The number of benzene rings is 5. The van der Waals surface area contributed by atoms with E-state index in [2.05, 4.69) is 35.9 Å². The second-order valence-corrected chi connectivity index (χ2v) is 20.4. The number of H-pyrrole nitrogens is 1. The van der Waals surface area contributed by atoms with Crippen molar-refractivity contribution in [3.05, 3.63) is 113 Å². The van der Waals surface area contributed by atoms with Crippen molar-refractivity contribution in [2.24, 2.45) is 11.8 Å². The van der Waals surface area contributed by atoms with Crippen LogP contribution >= 0.6 is 11.7 Å². The van der Waals surface area contributed by atoms with E-state index in [-0.39, 0.29) is 22.7 Å². The van der Waals surface area contributed by atoms with Crippen molar-refractivity contribution in [1.29, 1.82) is 0 Å². The van der Waals surface area contributed by atoms with Crippen molar-refractivity contribution in [1.82, 2.24) is 18.7 Å². The van der Waals surface area contributed by atoms with E-state index in [0.29, 0.717) is 69.1 Å². The SMILES string of the molecule is CCCCCC1CCC(c2ccc(-c3ccc(-c4c5nsnc5c(-c5ccc(-c6ccc(C7CCC(CCCCC)CC7)cc6F)c(CC)c5)c5[nH]c(C(F)(F)F)nc45)cc3CC)c(F)c2)CC1. The van der Waals surface area contributed by atoms with Crippen LogP contribution in [-0.4, -0.2) is 18.7 Å². The van der Waals surface area contributed by atoms with Gasteiger partial charge in [-0.15, -0.1) is 0 Å². The molecule has 68 heavy (non-hydrogen) atoms. The van der Waals surface area contributed by atoms with E-state index >= 15 is 8.78 Å². The first-order valence-corrected chi connectivity index (χ1v) is 26.3. The first-order valence-electron chi connectivity index (χ1n) is 25.6. The molecule has 0 spiro atoms. The average molecular weight is 945 g/mol. The summed E-state index contributed by atoms with van der Waals surface area (Å²) in [6.07, 6.45) is 15.7. The summed E-state index contributed by atoms with van der Waals surface area (Å²) in [5, 5.41) is 0. The zero-order chi connectivity index (χ0) is 47.5. The fourth-order valence-corrected chi connectivity index (χ4v) is 12.3. The van der Waals surface area contributed by atoms with E-state index in [9.17, 15) is 13.2 Å². The normalized spacial score (nSPS) is 19.1. The van der Waals surface area contributed by atoms with E-state index < -0.39 is 12.0 Å². The number of aromatic nitrogens is 4. The van der Waals surface area contributed by atoms with Crippen LogP contribution in [0.25, 0.3) is 66.6 Å². The molecule has 0 atom stereocenters. The maximum Gasteiger partial charge on any atom is 0.449 e. The largest absolute Gasteiger partial charge is 0.449 e. The highest BCUT2D eigenvalue weighted by molar-refractivity contribution is 7.00. The lowest BCUT2D eigenvalue weighted by Gasteiger charge is -2.29. The summed E-state index contributed by atoms with van der Waals surface area (Å²) in [6.45, 7) is 8.48. The van der Waals surface area contributed by atoms with Crippen LogP contribution < -0.4 is 0 Å². The monoisotopic (exact) mass is 944 g/mol. The molecule has 2 aliphatic carbocycles. The molecular weight excluding hydrogens is 880 g/mol. The van der Waals surface area contributed by atoms with Gasteiger partial charge in [-0.05, 0) is 145 Å². The highest BCUT2D eigenvalue weighted by Crippen LogP contribution is 2.47. The maximum atomic E-state index is 16.2. The van der Waals surface area contributed by atoms with Crippen LogP contribution in [0.5, 0.6) is 0 Å². The van der Waals surface area contributed by atoms with E-state index in [1.807, 2.05) is 62.4 Å². The Bertz CT molecular complexity index is 2680. The van der Waals surface area contributed by atoms with Crippen molar-refractivity contribution in [2.45, 2.75) is 161 Å². The third kappa shape index (κ3) is 9.91. The minimum absolute atomic E-state index is 0.122. The number of aromatic amines is 1. The Kier molecular flexibility index (Phi) is 14.8. The van der Waals surface area contributed by atoms with Crippen molar-refractivity contribution in [2.75, 3.05) is 0 Å². The Hall–Kier alpha value is -4.96.